The van der Waals surface area contributed by atoms with E-state index >= 15 is 0 Å². The predicted molar refractivity (Wildman–Crippen MR) is 65.6 cm³/mol. The van der Waals surface area contributed by atoms with E-state index in [4.69, 9.17) is 5.11 Å². The van der Waals surface area contributed by atoms with Crippen LogP contribution in [0.5, 0.6) is 0 Å². The van der Waals surface area contributed by atoms with Crippen molar-refractivity contribution in [1.29, 1.82) is 0 Å². The summed E-state index contributed by atoms with van der Waals surface area (Å²) in [7, 11) is 0. The van der Waals surface area contributed by atoms with Gasteiger partial charge in [-0.25, -0.2) is 4.98 Å². The number of benzene rings is 1. The fourth-order valence-electron chi connectivity index (χ4n) is 1.80. The third kappa shape index (κ3) is 3.56. The lowest BCUT2D eigenvalue weighted by molar-refractivity contribution is -0.141. The van der Waals surface area contributed by atoms with Gasteiger partial charge in [0.15, 0.2) is 0 Å². The molecule has 0 spiro atoms. The zero-order chi connectivity index (χ0) is 16.5. The van der Waals surface area contributed by atoms with E-state index in [1.807, 2.05) is 0 Å². The number of nitrogens with zero attached hydrogens (tertiary/aromatic N) is 1. The van der Waals surface area contributed by atoms with E-state index in [2.05, 4.69) is 4.98 Å². The monoisotopic (exact) mass is 321 g/mol. The van der Waals surface area contributed by atoms with Gasteiger partial charge in [0, 0.05) is 5.56 Å². The van der Waals surface area contributed by atoms with E-state index in [0.29, 0.717) is 6.07 Å². The first-order valence-electron chi connectivity index (χ1n) is 5.98. The smallest absolute Gasteiger partial charge is 0.392 e. The molecule has 0 radical (unpaired) electrons. The molecule has 0 aliphatic rings. The van der Waals surface area contributed by atoms with Crippen molar-refractivity contribution in [3.8, 4) is 11.3 Å². The average molecular weight is 321 g/mol. The third-order valence-corrected chi connectivity index (χ3v) is 2.87. The van der Waals surface area contributed by atoms with E-state index in [-0.39, 0.29) is 16.8 Å². The van der Waals surface area contributed by atoms with Crippen LogP contribution in [0.3, 0.4) is 0 Å². The van der Waals surface area contributed by atoms with Crippen molar-refractivity contribution < 1.29 is 31.4 Å². The van der Waals surface area contributed by atoms with E-state index < -0.39 is 30.2 Å². The number of alkyl halides is 6. The van der Waals surface area contributed by atoms with E-state index in [1.165, 1.54) is 6.07 Å². The summed E-state index contributed by atoms with van der Waals surface area (Å²) in [6.07, 6.45) is -9.25. The zero-order valence-corrected chi connectivity index (χ0v) is 10.8. The minimum absolute atomic E-state index is 0.0303. The Kier molecular flexibility index (Phi) is 4.15. The van der Waals surface area contributed by atoms with Crippen LogP contribution in [0.2, 0.25) is 0 Å². The van der Waals surface area contributed by atoms with Crippen LogP contribution in [-0.4, -0.2) is 10.1 Å². The fraction of sp³-hybridized carbons (Fsp3) is 0.214. The number of rotatable bonds is 2. The molecule has 1 heterocycles. The molecule has 2 aromatic rings. The SMILES string of the molecule is OCc1cc(-c2ccc(C(F)(F)F)cc2)nc(C(F)(F)F)c1. The molecule has 0 saturated carbocycles. The van der Waals surface area contributed by atoms with Crippen LogP contribution in [-0.2, 0) is 19.0 Å². The van der Waals surface area contributed by atoms with Gasteiger partial charge in [0.25, 0.3) is 0 Å². The number of aliphatic hydroxyl groups is 1. The quantitative estimate of drug-likeness (QED) is 0.838. The van der Waals surface area contributed by atoms with Crippen LogP contribution in [0.1, 0.15) is 16.8 Å². The lowest BCUT2D eigenvalue weighted by atomic mass is 10.1. The maximum absolute atomic E-state index is 12.7. The molecule has 1 aromatic carbocycles. The van der Waals surface area contributed by atoms with Gasteiger partial charge in [-0.1, -0.05) is 12.1 Å². The number of aliphatic hydroxyl groups excluding tert-OH is 1. The predicted octanol–water partition coefficient (Wildman–Crippen LogP) is 4.28. The molecule has 0 bridgehead atoms. The van der Waals surface area contributed by atoms with Gasteiger partial charge in [-0.05, 0) is 29.8 Å². The minimum Gasteiger partial charge on any atom is -0.392 e. The van der Waals surface area contributed by atoms with Gasteiger partial charge in [-0.2, -0.15) is 26.3 Å². The number of hydrogen-bond donors (Lipinski definition) is 1. The Hall–Kier alpha value is -2.09. The molecular formula is C14H9F6NO. The van der Waals surface area contributed by atoms with Crippen molar-refractivity contribution in [1.82, 2.24) is 4.98 Å². The lowest BCUT2D eigenvalue weighted by Crippen LogP contribution is -2.10. The standard InChI is InChI=1S/C14H9F6NO/c15-13(16,17)10-3-1-9(2-4-10)11-5-8(7-22)6-12(21-11)14(18,19)20/h1-6,22H,7H2. The molecule has 8 heteroatoms. The molecule has 118 valence electrons. The van der Waals surface area contributed by atoms with Gasteiger partial charge >= 0.3 is 12.4 Å². The largest absolute Gasteiger partial charge is 0.433 e. The molecule has 2 rings (SSSR count). The maximum Gasteiger partial charge on any atom is 0.433 e. The van der Waals surface area contributed by atoms with Crippen molar-refractivity contribution in [2.45, 2.75) is 19.0 Å². The molecule has 0 atom stereocenters. The lowest BCUT2D eigenvalue weighted by Gasteiger charge is -2.11. The summed E-state index contributed by atoms with van der Waals surface area (Å²) in [5, 5.41) is 9.01. The summed E-state index contributed by atoms with van der Waals surface area (Å²) in [5.41, 5.74) is -2.22. The van der Waals surface area contributed by atoms with Crippen molar-refractivity contribution in [2.75, 3.05) is 0 Å². The van der Waals surface area contributed by atoms with Crippen molar-refractivity contribution in [3.05, 3.63) is 53.2 Å². The zero-order valence-electron chi connectivity index (χ0n) is 10.8. The number of aromatic nitrogens is 1. The Morgan fingerprint density at radius 2 is 1.45 bits per heavy atom. The number of pyridine rings is 1. The molecule has 1 N–H and O–H groups in total. The molecule has 22 heavy (non-hydrogen) atoms. The highest BCUT2D eigenvalue weighted by molar-refractivity contribution is 5.60. The second kappa shape index (κ2) is 5.60. The van der Waals surface area contributed by atoms with Crippen LogP contribution in [0.4, 0.5) is 26.3 Å². The average Bonchev–Trinajstić information content (AvgIpc) is 2.45. The van der Waals surface area contributed by atoms with Gasteiger partial charge in [0.05, 0.1) is 17.9 Å². The summed E-state index contributed by atoms with van der Waals surface area (Å²) in [6, 6.07) is 5.47. The molecule has 0 fully saturated rings. The van der Waals surface area contributed by atoms with Crippen LogP contribution < -0.4 is 0 Å². The van der Waals surface area contributed by atoms with E-state index in [9.17, 15) is 26.3 Å². The summed E-state index contributed by atoms with van der Waals surface area (Å²) < 4.78 is 75.6. The summed E-state index contributed by atoms with van der Waals surface area (Å²) >= 11 is 0. The van der Waals surface area contributed by atoms with Gasteiger partial charge in [0.1, 0.15) is 5.69 Å². The van der Waals surface area contributed by atoms with Crippen LogP contribution in [0, 0.1) is 0 Å². The fourth-order valence-corrected chi connectivity index (χ4v) is 1.80. The maximum atomic E-state index is 12.7. The minimum atomic E-state index is -4.72. The van der Waals surface area contributed by atoms with Crippen molar-refractivity contribution in [3.63, 3.8) is 0 Å². The summed E-state index contributed by atoms with van der Waals surface area (Å²) in [5.74, 6) is 0. The highest BCUT2D eigenvalue weighted by Gasteiger charge is 2.33. The van der Waals surface area contributed by atoms with Crippen molar-refractivity contribution in [2.24, 2.45) is 0 Å². The summed E-state index contributed by atoms with van der Waals surface area (Å²) in [6.45, 7) is -0.640. The summed E-state index contributed by atoms with van der Waals surface area (Å²) in [4.78, 5) is 3.40. The van der Waals surface area contributed by atoms with Gasteiger partial charge in [-0.3, -0.25) is 0 Å². The third-order valence-electron chi connectivity index (χ3n) is 2.87. The second-order valence-electron chi connectivity index (χ2n) is 4.48. The molecule has 0 aliphatic heterocycles. The normalized spacial score (nSPS) is 12.5. The molecule has 0 amide bonds. The first kappa shape index (κ1) is 16.3. The molecule has 0 aliphatic carbocycles. The Bertz CT molecular complexity index is 661. The molecular weight excluding hydrogens is 312 g/mol. The van der Waals surface area contributed by atoms with E-state index in [1.54, 1.807) is 0 Å². The Morgan fingerprint density at radius 1 is 0.864 bits per heavy atom. The second-order valence-corrected chi connectivity index (χ2v) is 4.48. The molecule has 1 aromatic heterocycles. The highest BCUT2D eigenvalue weighted by Crippen LogP contribution is 2.33. The van der Waals surface area contributed by atoms with E-state index in [0.717, 1.165) is 24.3 Å². The highest BCUT2D eigenvalue weighted by atomic mass is 19.4. The Labute approximate surface area is 121 Å². The number of halogens is 6. The van der Waals surface area contributed by atoms with Gasteiger partial charge in [-0.15, -0.1) is 0 Å². The first-order chi connectivity index (χ1) is 10.1. The molecule has 0 saturated heterocycles. The number of hydrogen-bond acceptors (Lipinski definition) is 2. The van der Waals surface area contributed by atoms with Crippen LogP contribution >= 0.6 is 0 Å². The Morgan fingerprint density at radius 3 is 1.91 bits per heavy atom. The topological polar surface area (TPSA) is 33.1 Å². The Balaban J connectivity index is 2.48. The van der Waals surface area contributed by atoms with Crippen molar-refractivity contribution >= 4 is 0 Å². The molecule has 2 nitrogen and oxygen atoms in total. The van der Waals surface area contributed by atoms with Gasteiger partial charge < -0.3 is 5.11 Å². The molecule has 0 unspecified atom stereocenters. The van der Waals surface area contributed by atoms with Gasteiger partial charge in [0.2, 0.25) is 0 Å². The first-order valence-corrected chi connectivity index (χ1v) is 5.98. The van der Waals surface area contributed by atoms with Crippen LogP contribution in [0.15, 0.2) is 36.4 Å². The van der Waals surface area contributed by atoms with Crippen LogP contribution in [0.25, 0.3) is 11.3 Å².